The molecule has 2 aliphatic rings. The minimum absolute atomic E-state index is 0.0698. The Morgan fingerprint density at radius 2 is 1.79 bits per heavy atom. The lowest BCUT2D eigenvalue weighted by Gasteiger charge is -2.38. The molecule has 11 heteroatoms. The molecule has 0 saturated carbocycles. The number of methoxy groups -OCH3 is 1. The van der Waals surface area contributed by atoms with Crippen LogP contribution in [0.3, 0.4) is 0 Å². The number of nitrogens with zero attached hydrogens (tertiary/aromatic N) is 1. The van der Waals surface area contributed by atoms with Gasteiger partial charge in [-0.1, -0.05) is 30.3 Å². The lowest BCUT2D eigenvalue weighted by atomic mass is 9.87. The van der Waals surface area contributed by atoms with Crippen molar-refractivity contribution in [1.82, 2.24) is 10.2 Å². The van der Waals surface area contributed by atoms with Crippen LogP contribution < -0.4 is 10.1 Å². The summed E-state index contributed by atoms with van der Waals surface area (Å²) in [6, 6.07) is 15.4. The van der Waals surface area contributed by atoms with E-state index in [0.29, 0.717) is 42.7 Å². The Hall–Kier alpha value is -3.31. The first-order valence-corrected chi connectivity index (χ1v) is 12.4. The van der Waals surface area contributed by atoms with Crippen molar-refractivity contribution < 1.29 is 41.7 Å². The lowest BCUT2D eigenvalue weighted by Crippen LogP contribution is -2.49. The highest BCUT2D eigenvalue weighted by molar-refractivity contribution is 5.94. The largest absolute Gasteiger partial charge is 0.497 e. The Bertz CT molecular complexity index is 1070. The standard InChI is InChI=1S/C27H31F3N2O6/c1-35-22-9-7-19(8-10-22)16-36-18-23(27(28,29)30)38-25(34)32-13-11-26(12-14-32)15-21(17-37-26)31-24(33)20-5-3-2-4-6-20/h2-10,21,23H,11-18H2,1H3,(H,31,33). The van der Waals surface area contributed by atoms with Crippen LogP contribution in [-0.2, 0) is 20.8 Å². The number of hydrogen-bond donors (Lipinski definition) is 1. The fourth-order valence-electron chi connectivity index (χ4n) is 4.64. The van der Waals surface area contributed by atoms with Crippen LogP contribution in [0, 0.1) is 0 Å². The van der Waals surface area contributed by atoms with Crippen LogP contribution in [0.25, 0.3) is 0 Å². The third kappa shape index (κ3) is 7.16. The minimum Gasteiger partial charge on any atom is -0.497 e. The van der Waals surface area contributed by atoms with Crippen LogP contribution in [0.15, 0.2) is 54.6 Å². The Morgan fingerprint density at radius 3 is 2.42 bits per heavy atom. The van der Waals surface area contributed by atoms with Gasteiger partial charge < -0.3 is 29.2 Å². The molecule has 2 fully saturated rings. The predicted octanol–water partition coefficient (Wildman–Crippen LogP) is 4.33. The van der Waals surface area contributed by atoms with Crippen LogP contribution in [-0.4, -0.2) is 74.2 Å². The second-order valence-corrected chi connectivity index (χ2v) is 9.50. The Balaban J connectivity index is 1.23. The van der Waals surface area contributed by atoms with Gasteiger partial charge >= 0.3 is 12.3 Å². The van der Waals surface area contributed by atoms with Crippen molar-refractivity contribution >= 4 is 12.0 Å². The zero-order valence-electron chi connectivity index (χ0n) is 21.0. The number of benzene rings is 2. The molecule has 0 aromatic heterocycles. The number of likely N-dealkylation sites (tertiary alicyclic amines) is 1. The van der Waals surface area contributed by atoms with Gasteiger partial charge in [-0.05, 0) is 49.1 Å². The number of carbonyl (C=O) groups excluding carboxylic acids is 2. The molecule has 2 amide bonds. The van der Waals surface area contributed by atoms with Crippen molar-refractivity contribution in [2.75, 3.05) is 33.4 Å². The third-order valence-corrected chi connectivity index (χ3v) is 6.82. The average Bonchev–Trinajstić information content (AvgIpc) is 3.30. The number of rotatable bonds is 8. The molecule has 206 valence electrons. The maximum absolute atomic E-state index is 13.5. The van der Waals surface area contributed by atoms with Crippen LogP contribution in [0.2, 0.25) is 0 Å². The van der Waals surface area contributed by atoms with Gasteiger partial charge in [0.2, 0.25) is 6.10 Å². The van der Waals surface area contributed by atoms with E-state index in [-0.39, 0.29) is 31.6 Å². The van der Waals surface area contributed by atoms with Gasteiger partial charge in [0.05, 0.1) is 38.6 Å². The Labute approximate surface area is 219 Å². The molecule has 2 aromatic rings. The number of ether oxygens (including phenoxy) is 4. The molecule has 0 bridgehead atoms. The molecule has 38 heavy (non-hydrogen) atoms. The first-order valence-electron chi connectivity index (χ1n) is 12.4. The highest BCUT2D eigenvalue weighted by Gasteiger charge is 2.47. The van der Waals surface area contributed by atoms with E-state index in [4.69, 9.17) is 18.9 Å². The molecule has 8 nitrogen and oxygen atoms in total. The van der Waals surface area contributed by atoms with Gasteiger partial charge in [-0.15, -0.1) is 0 Å². The predicted molar refractivity (Wildman–Crippen MR) is 131 cm³/mol. The van der Waals surface area contributed by atoms with E-state index in [1.165, 1.54) is 12.0 Å². The van der Waals surface area contributed by atoms with E-state index in [1.54, 1.807) is 48.5 Å². The summed E-state index contributed by atoms with van der Waals surface area (Å²) in [7, 11) is 1.51. The third-order valence-electron chi connectivity index (χ3n) is 6.82. The molecular formula is C27H31F3N2O6. The second kappa shape index (κ2) is 12.0. The van der Waals surface area contributed by atoms with E-state index < -0.39 is 30.6 Å². The van der Waals surface area contributed by atoms with E-state index in [1.807, 2.05) is 6.07 Å². The first-order chi connectivity index (χ1) is 18.2. The minimum atomic E-state index is -4.77. The lowest BCUT2D eigenvalue weighted by molar-refractivity contribution is -0.220. The number of hydrogen-bond acceptors (Lipinski definition) is 6. The van der Waals surface area contributed by atoms with Gasteiger partial charge in [-0.3, -0.25) is 4.79 Å². The van der Waals surface area contributed by atoms with Crippen LogP contribution in [0.5, 0.6) is 5.75 Å². The van der Waals surface area contributed by atoms with Crippen molar-refractivity contribution in [2.45, 2.75) is 49.8 Å². The number of amides is 2. The number of piperidine rings is 1. The van der Waals surface area contributed by atoms with Crippen molar-refractivity contribution in [3.05, 3.63) is 65.7 Å². The van der Waals surface area contributed by atoms with Crippen LogP contribution in [0.4, 0.5) is 18.0 Å². The Morgan fingerprint density at radius 1 is 1.11 bits per heavy atom. The molecule has 0 aliphatic carbocycles. The Kier molecular flexibility index (Phi) is 8.78. The van der Waals surface area contributed by atoms with Crippen LogP contribution in [0.1, 0.15) is 35.2 Å². The molecule has 1 spiro atoms. The maximum atomic E-state index is 13.5. The summed E-state index contributed by atoms with van der Waals surface area (Å²) in [6.07, 6.45) is -6.76. The fourth-order valence-corrected chi connectivity index (χ4v) is 4.64. The smallest absolute Gasteiger partial charge is 0.427 e. The van der Waals surface area contributed by atoms with Crippen molar-refractivity contribution in [1.29, 1.82) is 0 Å². The molecule has 2 heterocycles. The van der Waals surface area contributed by atoms with E-state index >= 15 is 0 Å². The summed E-state index contributed by atoms with van der Waals surface area (Å²) < 4.78 is 61.7. The number of alkyl halides is 3. The molecule has 2 unspecified atom stereocenters. The number of carbonyl (C=O) groups is 2. The summed E-state index contributed by atoms with van der Waals surface area (Å²) in [5.41, 5.74) is 0.684. The van der Waals surface area contributed by atoms with E-state index in [0.717, 1.165) is 0 Å². The monoisotopic (exact) mass is 536 g/mol. The van der Waals surface area contributed by atoms with E-state index in [9.17, 15) is 22.8 Å². The summed E-state index contributed by atoms with van der Waals surface area (Å²) in [6.45, 7) is -0.166. The normalized spacial score (nSPS) is 19.7. The van der Waals surface area contributed by atoms with Crippen LogP contribution >= 0.6 is 0 Å². The summed E-state index contributed by atoms with van der Waals surface area (Å²) in [5, 5.41) is 2.97. The number of halogens is 3. The summed E-state index contributed by atoms with van der Waals surface area (Å²) in [4.78, 5) is 26.3. The quantitative estimate of drug-likeness (QED) is 0.541. The molecule has 2 saturated heterocycles. The summed E-state index contributed by atoms with van der Waals surface area (Å²) >= 11 is 0. The maximum Gasteiger partial charge on any atom is 0.427 e. The van der Waals surface area contributed by atoms with Gasteiger partial charge in [-0.2, -0.15) is 13.2 Å². The highest BCUT2D eigenvalue weighted by Crippen LogP contribution is 2.36. The van der Waals surface area contributed by atoms with Crippen molar-refractivity contribution in [3.8, 4) is 5.75 Å². The number of nitrogens with one attached hydrogen (secondary N) is 1. The molecular weight excluding hydrogens is 505 g/mol. The topological polar surface area (TPSA) is 86.3 Å². The van der Waals surface area contributed by atoms with Crippen molar-refractivity contribution in [2.24, 2.45) is 0 Å². The van der Waals surface area contributed by atoms with Gasteiger partial charge in [-0.25, -0.2) is 4.79 Å². The van der Waals surface area contributed by atoms with Gasteiger partial charge in [0.15, 0.2) is 0 Å². The molecule has 2 aliphatic heterocycles. The molecule has 4 rings (SSSR count). The SMILES string of the molecule is COc1ccc(COCC(OC(=O)N2CCC3(CC2)CC(NC(=O)c2ccccc2)CO3)C(F)(F)F)cc1. The molecule has 2 aromatic carbocycles. The molecule has 1 N–H and O–H groups in total. The highest BCUT2D eigenvalue weighted by atomic mass is 19.4. The molecule has 0 radical (unpaired) electrons. The summed E-state index contributed by atoms with van der Waals surface area (Å²) in [5.74, 6) is 0.430. The average molecular weight is 537 g/mol. The second-order valence-electron chi connectivity index (χ2n) is 9.50. The van der Waals surface area contributed by atoms with E-state index in [2.05, 4.69) is 5.32 Å². The van der Waals surface area contributed by atoms with Crippen molar-refractivity contribution in [3.63, 3.8) is 0 Å². The molecule has 2 atom stereocenters. The van der Waals surface area contributed by atoms with Gasteiger partial charge in [0.1, 0.15) is 5.75 Å². The zero-order chi connectivity index (χ0) is 27.2. The van der Waals surface area contributed by atoms with Gasteiger partial charge in [0, 0.05) is 18.7 Å². The van der Waals surface area contributed by atoms with Gasteiger partial charge in [0.25, 0.3) is 5.91 Å². The first kappa shape index (κ1) is 27.7. The zero-order valence-corrected chi connectivity index (χ0v) is 21.0. The fraction of sp³-hybridized carbons (Fsp3) is 0.481.